The zero-order chi connectivity index (χ0) is 25.3. The lowest BCUT2D eigenvalue weighted by molar-refractivity contribution is 0.516. The zero-order valence-corrected chi connectivity index (χ0v) is 24.1. The van der Waals surface area contributed by atoms with Crippen LogP contribution in [-0.2, 0) is 0 Å². The molecule has 0 atom stereocenters. The molecule has 0 saturated heterocycles. The second kappa shape index (κ2) is 32.9. The molecule has 1 N–H and O–H groups in total. The van der Waals surface area contributed by atoms with Crippen LogP contribution in [0.2, 0.25) is 0 Å². The van der Waals surface area contributed by atoms with Crippen LogP contribution in [0.5, 0.6) is 0 Å². The van der Waals surface area contributed by atoms with Gasteiger partial charge in [-0.2, -0.15) is 15.7 Å². The lowest BCUT2D eigenvalue weighted by atomic mass is 10.0. The molecule has 0 bridgehead atoms. The fourth-order valence-corrected chi connectivity index (χ4v) is 4.67. The number of nitrogens with one attached hydrogen (secondary N) is 1. The summed E-state index contributed by atoms with van der Waals surface area (Å²) in [6.07, 6.45) is 45.2. The Morgan fingerprint density at radius 2 is 0.543 bits per heavy atom. The van der Waals surface area contributed by atoms with E-state index in [1.165, 1.54) is 167 Å². The second-order valence-corrected chi connectivity index (χ2v) is 10.5. The van der Waals surface area contributed by atoms with Gasteiger partial charge < -0.3 is 0 Å². The number of hydrazone groups is 2. The van der Waals surface area contributed by atoms with Crippen LogP contribution in [0.15, 0.2) is 22.4 Å². The van der Waals surface area contributed by atoms with E-state index in [9.17, 15) is 0 Å². The summed E-state index contributed by atoms with van der Waals surface area (Å²) >= 11 is 0. The van der Waals surface area contributed by atoms with E-state index in [4.69, 9.17) is 0 Å². The summed E-state index contributed by atoms with van der Waals surface area (Å²) in [6.45, 7) is 4.61. The fraction of sp³-hybridized carbons (Fsp3) is 0.875. The van der Waals surface area contributed by atoms with E-state index in [1.807, 2.05) is 0 Å². The van der Waals surface area contributed by atoms with E-state index in [0.717, 1.165) is 0 Å². The van der Waals surface area contributed by atoms with Gasteiger partial charge in [-0.25, -0.2) is 0 Å². The van der Waals surface area contributed by atoms with Crippen molar-refractivity contribution in [3.05, 3.63) is 12.2 Å². The van der Waals surface area contributed by atoms with E-state index < -0.39 is 0 Å². The van der Waals surface area contributed by atoms with Crippen molar-refractivity contribution in [1.29, 1.82) is 0 Å². The fourth-order valence-electron chi connectivity index (χ4n) is 4.67. The third-order valence-corrected chi connectivity index (χ3v) is 7.00. The van der Waals surface area contributed by atoms with Crippen LogP contribution >= 0.6 is 0 Å². The van der Waals surface area contributed by atoms with Gasteiger partial charge in [0.05, 0.1) is 0 Å². The Hall–Kier alpha value is -1.12. The summed E-state index contributed by atoms with van der Waals surface area (Å²) in [6, 6.07) is 0. The number of hydrogen-bond acceptors (Lipinski definition) is 3. The molecule has 1 heterocycles. The van der Waals surface area contributed by atoms with Crippen LogP contribution in [-0.4, -0.2) is 12.4 Å². The first-order chi connectivity index (χ1) is 17.4. The molecule has 0 amide bonds. The van der Waals surface area contributed by atoms with Crippen molar-refractivity contribution in [3.63, 3.8) is 0 Å². The van der Waals surface area contributed by atoms with E-state index in [-0.39, 0.29) is 0 Å². The normalized spacial score (nSPS) is 12.3. The molecule has 0 aliphatic carbocycles. The van der Waals surface area contributed by atoms with Gasteiger partial charge >= 0.3 is 0 Å². The summed E-state index contributed by atoms with van der Waals surface area (Å²) in [5.41, 5.74) is 2.42. The van der Waals surface area contributed by atoms with Gasteiger partial charge in [-0.3, -0.25) is 0 Å². The Kier molecular flexibility index (Phi) is 31.8. The standard InChI is InChI=1S/C28H58.C4H5N3/c1-3-5-7-9-11-13-15-17-19-21-23-25-27-28-26-24-22-20-18-16-14-12-10-8-6-4-2;1-2-4-6-7-5-3-1/h3-28H2,1-2H3;1-4,7H. The van der Waals surface area contributed by atoms with Gasteiger partial charge in [0.1, 0.15) is 0 Å². The van der Waals surface area contributed by atoms with Gasteiger partial charge in [-0.05, 0) is 12.2 Å². The van der Waals surface area contributed by atoms with E-state index >= 15 is 0 Å². The lowest BCUT2D eigenvalue weighted by Gasteiger charge is -2.04. The maximum absolute atomic E-state index is 3.61. The first kappa shape index (κ1) is 33.9. The maximum atomic E-state index is 3.61. The SMILES string of the molecule is C1=CC=NNN=C1.CCCCCCCCCCCCCCCCCCCCCCCCCCCC. The smallest absolute Gasteiger partial charge is 0.0489 e. The molecular weight excluding hydrogens is 426 g/mol. The predicted octanol–water partition coefficient (Wildman–Crippen LogP) is 11.3. The van der Waals surface area contributed by atoms with Gasteiger partial charge in [0, 0.05) is 12.4 Å². The average molecular weight is 490 g/mol. The van der Waals surface area contributed by atoms with Crippen molar-refractivity contribution in [1.82, 2.24) is 5.53 Å². The van der Waals surface area contributed by atoms with Crippen molar-refractivity contribution in [2.45, 2.75) is 181 Å². The number of unbranched alkanes of at least 4 members (excludes halogenated alkanes) is 25. The lowest BCUT2D eigenvalue weighted by Crippen LogP contribution is -1.90. The molecular formula is C32H63N3. The van der Waals surface area contributed by atoms with Gasteiger partial charge in [-0.1, -0.05) is 181 Å². The summed E-state index contributed by atoms with van der Waals surface area (Å²) in [4.78, 5) is 0. The monoisotopic (exact) mass is 490 g/mol. The molecule has 0 aromatic rings. The highest BCUT2D eigenvalue weighted by Gasteiger charge is 1.96. The van der Waals surface area contributed by atoms with Crippen LogP contribution in [0.4, 0.5) is 0 Å². The summed E-state index contributed by atoms with van der Waals surface area (Å²) in [5.74, 6) is 0. The highest BCUT2D eigenvalue weighted by Crippen LogP contribution is 2.15. The van der Waals surface area contributed by atoms with Crippen molar-refractivity contribution in [2.75, 3.05) is 0 Å². The molecule has 1 aliphatic heterocycles. The van der Waals surface area contributed by atoms with Crippen molar-refractivity contribution >= 4 is 12.4 Å². The second-order valence-electron chi connectivity index (χ2n) is 10.5. The van der Waals surface area contributed by atoms with Gasteiger partial charge in [-0.15, -0.1) is 0 Å². The van der Waals surface area contributed by atoms with Crippen molar-refractivity contribution in [2.24, 2.45) is 10.2 Å². The molecule has 0 spiro atoms. The first-order valence-corrected chi connectivity index (χ1v) is 15.9. The molecule has 3 nitrogen and oxygen atoms in total. The molecule has 0 unspecified atom stereocenters. The zero-order valence-electron chi connectivity index (χ0n) is 24.1. The predicted molar refractivity (Wildman–Crippen MR) is 161 cm³/mol. The summed E-state index contributed by atoms with van der Waals surface area (Å²) in [5, 5.41) is 7.22. The molecule has 3 heteroatoms. The van der Waals surface area contributed by atoms with Gasteiger partial charge in [0.15, 0.2) is 0 Å². The van der Waals surface area contributed by atoms with Crippen molar-refractivity contribution in [3.8, 4) is 0 Å². The van der Waals surface area contributed by atoms with Crippen LogP contribution in [0.1, 0.15) is 181 Å². The molecule has 0 saturated carbocycles. The first-order valence-electron chi connectivity index (χ1n) is 15.9. The molecule has 0 fully saturated rings. The minimum atomic E-state index is 1.37. The van der Waals surface area contributed by atoms with E-state index in [0.29, 0.717) is 0 Å². The third kappa shape index (κ3) is 32.9. The Balaban J connectivity index is 0.00000140. The summed E-state index contributed by atoms with van der Waals surface area (Å²) < 4.78 is 0. The number of rotatable bonds is 25. The summed E-state index contributed by atoms with van der Waals surface area (Å²) in [7, 11) is 0. The number of allylic oxidation sites excluding steroid dienone is 2. The maximum Gasteiger partial charge on any atom is 0.0489 e. The van der Waals surface area contributed by atoms with Gasteiger partial charge in [0.25, 0.3) is 0 Å². The largest absolute Gasteiger partial charge is 0.198 e. The molecule has 0 radical (unpaired) electrons. The quantitative estimate of drug-likeness (QED) is 0.127. The third-order valence-electron chi connectivity index (χ3n) is 7.00. The van der Waals surface area contributed by atoms with Gasteiger partial charge in [0.2, 0.25) is 0 Å². The van der Waals surface area contributed by atoms with Crippen LogP contribution in [0, 0.1) is 0 Å². The van der Waals surface area contributed by atoms with Crippen molar-refractivity contribution < 1.29 is 0 Å². The molecule has 35 heavy (non-hydrogen) atoms. The minimum absolute atomic E-state index is 1.37. The highest BCUT2D eigenvalue weighted by molar-refractivity contribution is 5.81. The highest BCUT2D eigenvalue weighted by atomic mass is 15.5. The van der Waals surface area contributed by atoms with Crippen LogP contribution < -0.4 is 5.53 Å². The Morgan fingerprint density at radius 1 is 0.343 bits per heavy atom. The number of hydrogen-bond donors (Lipinski definition) is 1. The Labute approximate surface area is 221 Å². The molecule has 206 valence electrons. The van der Waals surface area contributed by atoms with E-state index in [2.05, 4.69) is 29.6 Å². The van der Waals surface area contributed by atoms with Crippen LogP contribution in [0.25, 0.3) is 0 Å². The van der Waals surface area contributed by atoms with Crippen LogP contribution in [0.3, 0.4) is 0 Å². The molecule has 0 aromatic carbocycles. The Morgan fingerprint density at radius 3 is 0.743 bits per heavy atom. The number of nitrogens with zero attached hydrogens (tertiary/aromatic N) is 2. The topological polar surface area (TPSA) is 36.8 Å². The Bertz CT molecular complexity index is 416. The molecule has 1 aliphatic rings. The molecule has 1 rings (SSSR count). The molecule has 0 aromatic heterocycles. The average Bonchev–Trinajstić information content (AvgIpc) is 3.20. The minimum Gasteiger partial charge on any atom is -0.198 e. The van der Waals surface area contributed by atoms with E-state index in [1.54, 1.807) is 24.6 Å².